The van der Waals surface area contributed by atoms with Crippen molar-refractivity contribution in [2.75, 3.05) is 26.9 Å². The SMILES string of the molecule is COc1cccc(C2(CN)CCCC2)c1OC1CCOC1. The molecule has 21 heavy (non-hydrogen) atoms. The Bertz CT molecular complexity index is 477. The van der Waals surface area contributed by atoms with Crippen molar-refractivity contribution < 1.29 is 14.2 Å². The van der Waals surface area contributed by atoms with E-state index in [9.17, 15) is 0 Å². The van der Waals surface area contributed by atoms with Crippen molar-refractivity contribution in [3.05, 3.63) is 23.8 Å². The number of hydrogen-bond acceptors (Lipinski definition) is 4. The zero-order chi connectivity index (χ0) is 14.7. The standard InChI is InChI=1S/C17H25NO3/c1-19-15-6-4-5-14(17(12-18)8-2-3-9-17)16(15)21-13-7-10-20-11-13/h4-6,13H,2-3,7-12,18H2,1H3. The van der Waals surface area contributed by atoms with Gasteiger partial charge in [0.05, 0.1) is 20.3 Å². The largest absolute Gasteiger partial charge is 0.493 e. The summed E-state index contributed by atoms with van der Waals surface area (Å²) >= 11 is 0. The molecule has 4 heteroatoms. The van der Waals surface area contributed by atoms with Crippen LogP contribution in [-0.2, 0) is 10.2 Å². The van der Waals surface area contributed by atoms with Crippen LogP contribution in [0.4, 0.5) is 0 Å². The number of para-hydroxylation sites is 1. The van der Waals surface area contributed by atoms with Crippen molar-refractivity contribution in [1.82, 2.24) is 0 Å². The van der Waals surface area contributed by atoms with Gasteiger partial charge in [0.15, 0.2) is 11.5 Å². The monoisotopic (exact) mass is 291 g/mol. The second kappa shape index (κ2) is 6.24. The van der Waals surface area contributed by atoms with Crippen LogP contribution in [0, 0.1) is 0 Å². The molecule has 0 spiro atoms. The first-order chi connectivity index (χ1) is 10.3. The highest BCUT2D eigenvalue weighted by Crippen LogP contribution is 2.47. The maximum atomic E-state index is 6.26. The smallest absolute Gasteiger partial charge is 0.165 e. The van der Waals surface area contributed by atoms with E-state index >= 15 is 0 Å². The van der Waals surface area contributed by atoms with Crippen LogP contribution < -0.4 is 15.2 Å². The van der Waals surface area contributed by atoms with Crippen LogP contribution in [0.15, 0.2) is 18.2 Å². The topological polar surface area (TPSA) is 53.7 Å². The lowest BCUT2D eigenvalue weighted by molar-refractivity contribution is 0.136. The molecule has 3 rings (SSSR count). The van der Waals surface area contributed by atoms with Gasteiger partial charge < -0.3 is 19.9 Å². The van der Waals surface area contributed by atoms with Crippen molar-refractivity contribution >= 4 is 0 Å². The van der Waals surface area contributed by atoms with E-state index in [-0.39, 0.29) is 11.5 Å². The lowest BCUT2D eigenvalue weighted by Gasteiger charge is -2.31. The van der Waals surface area contributed by atoms with Gasteiger partial charge in [0, 0.05) is 23.9 Å². The average molecular weight is 291 g/mol. The normalized spacial score (nSPS) is 24.2. The van der Waals surface area contributed by atoms with Crippen molar-refractivity contribution in [3.8, 4) is 11.5 Å². The van der Waals surface area contributed by atoms with E-state index < -0.39 is 0 Å². The molecule has 1 aromatic rings. The van der Waals surface area contributed by atoms with Gasteiger partial charge in [-0.2, -0.15) is 0 Å². The minimum absolute atomic E-state index is 0.0450. The highest BCUT2D eigenvalue weighted by molar-refractivity contribution is 5.51. The Kier molecular flexibility index (Phi) is 4.36. The third-order valence-electron chi connectivity index (χ3n) is 4.89. The minimum atomic E-state index is 0.0450. The van der Waals surface area contributed by atoms with Crippen molar-refractivity contribution in [2.45, 2.75) is 43.6 Å². The van der Waals surface area contributed by atoms with Crippen LogP contribution in [0.3, 0.4) is 0 Å². The Morgan fingerprint density at radius 3 is 2.76 bits per heavy atom. The predicted molar refractivity (Wildman–Crippen MR) is 82.0 cm³/mol. The summed E-state index contributed by atoms with van der Waals surface area (Å²) in [4.78, 5) is 0. The van der Waals surface area contributed by atoms with E-state index in [4.69, 9.17) is 19.9 Å². The van der Waals surface area contributed by atoms with Gasteiger partial charge in [-0.3, -0.25) is 0 Å². The fourth-order valence-corrected chi connectivity index (χ4v) is 3.62. The second-order valence-corrected chi connectivity index (χ2v) is 6.13. The molecule has 2 aliphatic rings. The molecule has 1 saturated heterocycles. The number of rotatable bonds is 5. The van der Waals surface area contributed by atoms with E-state index in [0.29, 0.717) is 13.2 Å². The summed E-state index contributed by atoms with van der Waals surface area (Å²) < 4.78 is 17.2. The molecular formula is C17H25NO3. The average Bonchev–Trinajstić information content (AvgIpc) is 3.19. The van der Waals surface area contributed by atoms with Gasteiger partial charge in [0.2, 0.25) is 0 Å². The van der Waals surface area contributed by atoms with E-state index in [1.54, 1.807) is 7.11 Å². The van der Waals surface area contributed by atoms with Gasteiger partial charge in [-0.25, -0.2) is 0 Å². The quantitative estimate of drug-likeness (QED) is 0.906. The molecule has 1 aliphatic carbocycles. The van der Waals surface area contributed by atoms with Gasteiger partial charge in [0.1, 0.15) is 6.10 Å². The van der Waals surface area contributed by atoms with Crippen LogP contribution in [0.5, 0.6) is 11.5 Å². The van der Waals surface area contributed by atoms with Crippen LogP contribution in [0.25, 0.3) is 0 Å². The number of hydrogen-bond donors (Lipinski definition) is 1. The van der Waals surface area contributed by atoms with Crippen molar-refractivity contribution in [2.24, 2.45) is 5.73 Å². The molecular weight excluding hydrogens is 266 g/mol. The predicted octanol–water partition coefficient (Wildman–Crippen LogP) is 2.63. The van der Waals surface area contributed by atoms with E-state index in [1.165, 1.54) is 18.4 Å². The number of ether oxygens (including phenoxy) is 3. The molecule has 0 radical (unpaired) electrons. The second-order valence-electron chi connectivity index (χ2n) is 6.13. The molecule has 1 atom stereocenters. The van der Waals surface area contributed by atoms with E-state index in [2.05, 4.69) is 6.07 Å². The lowest BCUT2D eigenvalue weighted by atomic mass is 9.78. The van der Waals surface area contributed by atoms with Gasteiger partial charge in [-0.05, 0) is 18.9 Å². The molecule has 2 N–H and O–H groups in total. The Balaban J connectivity index is 1.98. The molecule has 0 amide bonds. The van der Waals surface area contributed by atoms with Crippen molar-refractivity contribution in [3.63, 3.8) is 0 Å². The molecule has 0 aromatic heterocycles. The molecule has 4 nitrogen and oxygen atoms in total. The Hall–Kier alpha value is -1.26. The van der Waals surface area contributed by atoms with E-state index in [0.717, 1.165) is 37.4 Å². The molecule has 1 aromatic carbocycles. The van der Waals surface area contributed by atoms with Gasteiger partial charge in [0.25, 0.3) is 0 Å². The summed E-state index contributed by atoms with van der Waals surface area (Å²) in [5.41, 5.74) is 7.41. The number of nitrogens with two attached hydrogens (primary N) is 1. The van der Waals surface area contributed by atoms with Gasteiger partial charge >= 0.3 is 0 Å². The maximum Gasteiger partial charge on any atom is 0.165 e. The van der Waals surface area contributed by atoms with E-state index in [1.807, 2.05) is 12.1 Å². The van der Waals surface area contributed by atoms with Crippen LogP contribution >= 0.6 is 0 Å². The first-order valence-corrected chi connectivity index (χ1v) is 7.91. The summed E-state index contributed by atoms with van der Waals surface area (Å²) in [5, 5.41) is 0. The Morgan fingerprint density at radius 1 is 1.33 bits per heavy atom. The highest BCUT2D eigenvalue weighted by atomic mass is 16.6. The lowest BCUT2D eigenvalue weighted by Crippen LogP contribution is -2.33. The maximum absolute atomic E-state index is 6.26. The van der Waals surface area contributed by atoms with Crippen LogP contribution in [0.2, 0.25) is 0 Å². The van der Waals surface area contributed by atoms with Crippen LogP contribution in [-0.4, -0.2) is 33.0 Å². The Labute approximate surface area is 126 Å². The third-order valence-corrected chi connectivity index (χ3v) is 4.89. The third kappa shape index (κ3) is 2.74. The fraction of sp³-hybridized carbons (Fsp3) is 0.647. The summed E-state index contributed by atoms with van der Waals surface area (Å²) in [6, 6.07) is 6.17. The number of benzene rings is 1. The molecule has 0 bridgehead atoms. The van der Waals surface area contributed by atoms with Crippen molar-refractivity contribution in [1.29, 1.82) is 0 Å². The zero-order valence-corrected chi connectivity index (χ0v) is 12.8. The molecule has 1 heterocycles. The van der Waals surface area contributed by atoms with Gasteiger partial charge in [-0.1, -0.05) is 25.0 Å². The van der Waals surface area contributed by atoms with Gasteiger partial charge in [-0.15, -0.1) is 0 Å². The molecule has 116 valence electrons. The zero-order valence-electron chi connectivity index (χ0n) is 12.8. The Morgan fingerprint density at radius 2 is 2.14 bits per heavy atom. The summed E-state index contributed by atoms with van der Waals surface area (Å²) in [7, 11) is 1.70. The highest BCUT2D eigenvalue weighted by Gasteiger charge is 2.38. The summed E-state index contributed by atoms with van der Waals surface area (Å²) in [5.74, 6) is 1.68. The molecule has 1 saturated carbocycles. The summed E-state index contributed by atoms with van der Waals surface area (Å²) in [6.07, 6.45) is 5.80. The fourth-order valence-electron chi connectivity index (χ4n) is 3.62. The van der Waals surface area contributed by atoms with Crippen LogP contribution in [0.1, 0.15) is 37.7 Å². The minimum Gasteiger partial charge on any atom is -0.493 e. The first kappa shape index (κ1) is 14.7. The molecule has 1 aliphatic heterocycles. The first-order valence-electron chi connectivity index (χ1n) is 7.91. The summed E-state index contributed by atoms with van der Waals surface area (Å²) in [6.45, 7) is 2.10. The molecule has 1 unspecified atom stereocenters. The molecule has 2 fully saturated rings. The number of methoxy groups -OCH3 is 1.